The van der Waals surface area contributed by atoms with Crippen molar-refractivity contribution in [3.05, 3.63) is 18.2 Å². The molecule has 0 spiro atoms. The lowest BCUT2D eigenvalue weighted by atomic mass is 10.3. The van der Waals surface area contributed by atoms with Gasteiger partial charge in [-0.3, -0.25) is 4.72 Å². The van der Waals surface area contributed by atoms with Crippen LogP contribution in [0.1, 0.15) is 26.7 Å². The van der Waals surface area contributed by atoms with Crippen LogP contribution < -0.4 is 10.5 Å². The molecule has 3 N–H and O–H groups in total. The van der Waals surface area contributed by atoms with Gasteiger partial charge in [0.25, 0.3) is 0 Å². The van der Waals surface area contributed by atoms with E-state index < -0.39 is 10.0 Å². The van der Waals surface area contributed by atoms with Gasteiger partial charge in [-0.1, -0.05) is 13.8 Å². The number of nitrogens with two attached hydrogens (primary N) is 1. The summed E-state index contributed by atoms with van der Waals surface area (Å²) in [6.45, 7) is 3.94. The number of anilines is 2. The van der Waals surface area contributed by atoms with Gasteiger partial charge in [0.1, 0.15) is 0 Å². The SMILES string of the molecule is CCCSc1ccc(N)c(NS(=O)(=O)CCC)c1. The normalized spacial score (nSPS) is 11.4. The van der Waals surface area contributed by atoms with Crippen molar-refractivity contribution in [2.24, 2.45) is 0 Å². The van der Waals surface area contributed by atoms with Crippen LogP contribution in [0.4, 0.5) is 11.4 Å². The topological polar surface area (TPSA) is 72.2 Å². The maximum Gasteiger partial charge on any atom is 0.232 e. The molecule has 0 saturated heterocycles. The second kappa shape index (κ2) is 6.89. The fraction of sp³-hybridized carbons (Fsp3) is 0.500. The van der Waals surface area contributed by atoms with Crippen LogP contribution in [0.5, 0.6) is 0 Å². The Kier molecular flexibility index (Phi) is 5.81. The van der Waals surface area contributed by atoms with Gasteiger partial charge in [0.2, 0.25) is 10.0 Å². The first-order valence-corrected chi connectivity index (χ1v) is 8.65. The third-order valence-electron chi connectivity index (χ3n) is 2.24. The molecule has 0 saturated carbocycles. The van der Waals surface area contributed by atoms with Crippen LogP contribution in [0.15, 0.2) is 23.1 Å². The third-order valence-corrected chi connectivity index (χ3v) is 4.91. The molecule has 0 amide bonds. The molecule has 0 unspecified atom stereocenters. The smallest absolute Gasteiger partial charge is 0.232 e. The average molecular weight is 288 g/mol. The highest BCUT2D eigenvalue weighted by atomic mass is 32.2. The van der Waals surface area contributed by atoms with E-state index in [1.165, 1.54) is 0 Å². The Balaban J connectivity index is 2.87. The van der Waals surface area contributed by atoms with Crippen molar-refractivity contribution in [2.75, 3.05) is 22.0 Å². The van der Waals surface area contributed by atoms with E-state index in [1.807, 2.05) is 13.0 Å². The van der Waals surface area contributed by atoms with Crippen LogP contribution in [0.25, 0.3) is 0 Å². The standard InChI is InChI=1S/C12H20N2O2S2/c1-3-7-17-10-5-6-11(13)12(9-10)14-18(15,16)8-4-2/h5-6,9,14H,3-4,7-8,13H2,1-2H3. The quantitative estimate of drug-likeness (QED) is 0.598. The van der Waals surface area contributed by atoms with E-state index in [4.69, 9.17) is 5.73 Å². The van der Waals surface area contributed by atoms with Crippen molar-refractivity contribution in [1.82, 2.24) is 0 Å². The molecule has 0 atom stereocenters. The minimum atomic E-state index is -3.28. The van der Waals surface area contributed by atoms with Gasteiger partial charge in [-0.2, -0.15) is 0 Å². The number of rotatable bonds is 7. The van der Waals surface area contributed by atoms with Crippen molar-refractivity contribution in [3.8, 4) is 0 Å². The first-order valence-electron chi connectivity index (χ1n) is 6.01. The molecule has 0 heterocycles. The summed E-state index contributed by atoms with van der Waals surface area (Å²) in [6.07, 6.45) is 1.66. The predicted octanol–water partition coefficient (Wildman–Crippen LogP) is 2.92. The van der Waals surface area contributed by atoms with Crippen molar-refractivity contribution in [3.63, 3.8) is 0 Å². The van der Waals surface area contributed by atoms with Gasteiger partial charge in [-0.05, 0) is 36.8 Å². The molecule has 0 aliphatic carbocycles. The van der Waals surface area contributed by atoms with E-state index in [0.29, 0.717) is 17.8 Å². The second-order valence-corrected chi connectivity index (χ2v) is 7.03. The zero-order chi connectivity index (χ0) is 13.6. The van der Waals surface area contributed by atoms with E-state index in [1.54, 1.807) is 23.9 Å². The summed E-state index contributed by atoms with van der Waals surface area (Å²) < 4.78 is 25.9. The molecule has 0 fully saturated rings. The van der Waals surface area contributed by atoms with Crippen LogP contribution in [-0.2, 0) is 10.0 Å². The molecule has 6 heteroatoms. The summed E-state index contributed by atoms with van der Waals surface area (Å²) in [7, 11) is -3.28. The molecule has 102 valence electrons. The summed E-state index contributed by atoms with van der Waals surface area (Å²) in [5.74, 6) is 1.11. The summed E-state index contributed by atoms with van der Waals surface area (Å²) >= 11 is 1.69. The van der Waals surface area contributed by atoms with Crippen LogP contribution in [-0.4, -0.2) is 19.9 Å². The molecule has 0 aliphatic heterocycles. The molecular weight excluding hydrogens is 268 g/mol. The lowest BCUT2D eigenvalue weighted by molar-refractivity contribution is 0.600. The number of nitrogen functional groups attached to an aromatic ring is 1. The van der Waals surface area contributed by atoms with Crippen LogP contribution >= 0.6 is 11.8 Å². The first-order chi connectivity index (χ1) is 8.48. The minimum Gasteiger partial charge on any atom is -0.397 e. The van der Waals surface area contributed by atoms with Gasteiger partial charge in [-0.25, -0.2) is 8.42 Å². The van der Waals surface area contributed by atoms with Crippen molar-refractivity contribution in [2.45, 2.75) is 31.6 Å². The van der Waals surface area contributed by atoms with E-state index in [-0.39, 0.29) is 5.75 Å². The lowest BCUT2D eigenvalue weighted by Crippen LogP contribution is -2.17. The highest BCUT2D eigenvalue weighted by Crippen LogP contribution is 2.27. The monoisotopic (exact) mass is 288 g/mol. The molecule has 1 aromatic rings. The zero-order valence-corrected chi connectivity index (χ0v) is 12.4. The maximum atomic E-state index is 11.7. The number of hydrogen-bond donors (Lipinski definition) is 2. The number of nitrogens with one attached hydrogen (secondary N) is 1. The van der Waals surface area contributed by atoms with Crippen LogP contribution in [0.3, 0.4) is 0 Å². The van der Waals surface area contributed by atoms with E-state index in [9.17, 15) is 8.42 Å². The molecule has 0 radical (unpaired) electrons. The maximum absolute atomic E-state index is 11.7. The molecule has 0 aromatic heterocycles. The Morgan fingerprint density at radius 2 is 2.00 bits per heavy atom. The summed E-state index contributed by atoms with van der Waals surface area (Å²) in [6, 6.07) is 5.44. The highest BCUT2D eigenvalue weighted by molar-refractivity contribution is 7.99. The zero-order valence-electron chi connectivity index (χ0n) is 10.8. The Hall–Kier alpha value is -0.880. The Labute approximate surface area is 113 Å². The number of hydrogen-bond acceptors (Lipinski definition) is 4. The van der Waals surface area contributed by atoms with E-state index in [2.05, 4.69) is 11.6 Å². The minimum absolute atomic E-state index is 0.110. The van der Waals surface area contributed by atoms with Gasteiger partial charge >= 0.3 is 0 Å². The van der Waals surface area contributed by atoms with Gasteiger partial charge in [-0.15, -0.1) is 11.8 Å². The number of benzene rings is 1. The fourth-order valence-corrected chi connectivity index (χ4v) is 3.38. The highest BCUT2D eigenvalue weighted by Gasteiger charge is 2.11. The van der Waals surface area contributed by atoms with Crippen LogP contribution in [0.2, 0.25) is 0 Å². The summed E-state index contributed by atoms with van der Waals surface area (Å²) in [4.78, 5) is 1.03. The molecular formula is C12H20N2O2S2. The molecule has 1 aromatic carbocycles. The molecule has 0 aliphatic rings. The number of thioether (sulfide) groups is 1. The summed E-state index contributed by atoms with van der Waals surface area (Å²) in [5.41, 5.74) is 6.72. The molecule has 4 nitrogen and oxygen atoms in total. The second-order valence-electron chi connectivity index (χ2n) is 4.02. The van der Waals surface area contributed by atoms with Gasteiger partial charge in [0, 0.05) is 4.90 Å². The largest absolute Gasteiger partial charge is 0.397 e. The summed E-state index contributed by atoms with van der Waals surface area (Å²) in [5, 5.41) is 0. The number of sulfonamides is 1. The van der Waals surface area contributed by atoms with Crippen molar-refractivity contribution >= 4 is 33.2 Å². The molecule has 1 rings (SSSR count). The Morgan fingerprint density at radius 3 is 2.61 bits per heavy atom. The van der Waals surface area contributed by atoms with E-state index >= 15 is 0 Å². The third kappa shape index (κ3) is 4.78. The molecule has 18 heavy (non-hydrogen) atoms. The van der Waals surface area contributed by atoms with Crippen molar-refractivity contribution in [1.29, 1.82) is 0 Å². The van der Waals surface area contributed by atoms with E-state index in [0.717, 1.165) is 17.1 Å². The fourth-order valence-electron chi connectivity index (χ4n) is 1.42. The Bertz CT molecular complexity index is 487. The Morgan fingerprint density at radius 1 is 1.28 bits per heavy atom. The van der Waals surface area contributed by atoms with Crippen LogP contribution in [0, 0.1) is 0 Å². The predicted molar refractivity (Wildman–Crippen MR) is 79.6 cm³/mol. The molecule has 0 bridgehead atoms. The van der Waals surface area contributed by atoms with Gasteiger partial charge in [0.15, 0.2) is 0 Å². The lowest BCUT2D eigenvalue weighted by Gasteiger charge is -2.11. The van der Waals surface area contributed by atoms with Gasteiger partial charge in [0.05, 0.1) is 17.1 Å². The van der Waals surface area contributed by atoms with Crippen molar-refractivity contribution < 1.29 is 8.42 Å². The first kappa shape index (κ1) is 15.2. The van der Waals surface area contributed by atoms with Gasteiger partial charge < -0.3 is 5.73 Å². The average Bonchev–Trinajstić information content (AvgIpc) is 2.29.